The molecule has 1 aliphatic heterocycles. The zero-order chi connectivity index (χ0) is 17.2. The number of hydrogen-bond acceptors (Lipinski definition) is 4. The van der Waals surface area contributed by atoms with Crippen molar-refractivity contribution in [3.8, 4) is 5.88 Å². The van der Waals surface area contributed by atoms with Crippen molar-refractivity contribution < 1.29 is 13.9 Å². The van der Waals surface area contributed by atoms with E-state index in [0.717, 1.165) is 0 Å². The third kappa shape index (κ3) is 3.08. The van der Waals surface area contributed by atoms with E-state index in [-0.39, 0.29) is 18.3 Å². The smallest absolute Gasteiger partial charge is 0.276 e. The Balaban J connectivity index is 1.51. The number of carbonyl (C=O) groups is 1. The molecule has 0 unspecified atom stereocenters. The fourth-order valence-corrected chi connectivity index (χ4v) is 2.77. The van der Waals surface area contributed by atoms with E-state index in [1.807, 2.05) is 12.1 Å². The molecule has 1 aromatic carbocycles. The van der Waals surface area contributed by atoms with Crippen LogP contribution in [0.3, 0.4) is 0 Å². The molecule has 0 N–H and O–H groups in total. The van der Waals surface area contributed by atoms with Gasteiger partial charge in [0.05, 0.1) is 6.54 Å². The minimum Gasteiger partial charge on any atom is -0.471 e. The number of nitrogens with zero attached hydrogens (tertiary/aromatic N) is 4. The maximum atomic E-state index is 13.1. The maximum absolute atomic E-state index is 13.1. The molecular weight excluding hydrogens is 323 g/mol. The molecule has 1 amide bonds. The average Bonchev–Trinajstić information content (AvgIpc) is 3.06. The van der Waals surface area contributed by atoms with Crippen LogP contribution in [-0.4, -0.2) is 27.2 Å². The molecule has 4 rings (SSSR count). The highest BCUT2D eigenvalue weighted by Gasteiger charge is 2.27. The Kier molecular flexibility index (Phi) is 3.89. The highest BCUT2D eigenvalue weighted by atomic mass is 19.1. The van der Waals surface area contributed by atoms with Crippen LogP contribution in [0.5, 0.6) is 5.88 Å². The van der Waals surface area contributed by atoms with Crippen LogP contribution in [0.1, 0.15) is 16.2 Å². The lowest BCUT2D eigenvalue weighted by Gasteiger charge is -2.27. The van der Waals surface area contributed by atoms with Crippen LogP contribution in [0.25, 0.3) is 0 Å². The normalized spacial score (nSPS) is 13.6. The largest absolute Gasteiger partial charge is 0.471 e. The predicted octanol–water partition coefficient (Wildman–Crippen LogP) is 2.66. The van der Waals surface area contributed by atoms with Crippen LogP contribution in [0.15, 0.2) is 54.7 Å². The van der Waals surface area contributed by atoms with Gasteiger partial charge in [0, 0.05) is 24.5 Å². The second-order valence-corrected chi connectivity index (χ2v) is 5.63. The number of benzene rings is 1. The second kappa shape index (κ2) is 6.35. The Morgan fingerprint density at radius 3 is 2.72 bits per heavy atom. The minimum absolute atomic E-state index is 0.158. The number of carbonyl (C=O) groups excluding carboxylic acids is 1. The second-order valence-electron chi connectivity index (χ2n) is 5.63. The summed E-state index contributed by atoms with van der Waals surface area (Å²) in [5.41, 5.74) is 1.83. The van der Waals surface area contributed by atoms with Gasteiger partial charge in [-0.2, -0.15) is 5.10 Å². The molecule has 7 heteroatoms. The Morgan fingerprint density at radius 2 is 1.96 bits per heavy atom. The van der Waals surface area contributed by atoms with Gasteiger partial charge in [-0.25, -0.2) is 9.37 Å². The first-order valence-electron chi connectivity index (χ1n) is 7.89. The van der Waals surface area contributed by atoms with Crippen molar-refractivity contribution >= 4 is 11.6 Å². The van der Waals surface area contributed by atoms with Crippen LogP contribution >= 0.6 is 0 Å². The molecule has 0 bridgehead atoms. The van der Waals surface area contributed by atoms with Crippen molar-refractivity contribution in [1.29, 1.82) is 0 Å². The average molecular weight is 338 g/mol. The minimum atomic E-state index is -0.327. The highest BCUT2D eigenvalue weighted by Crippen LogP contribution is 2.22. The van der Waals surface area contributed by atoms with E-state index in [1.54, 1.807) is 40.0 Å². The zero-order valence-corrected chi connectivity index (χ0v) is 13.3. The molecule has 0 aliphatic carbocycles. The van der Waals surface area contributed by atoms with E-state index in [1.165, 1.54) is 12.1 Å². The van der Waals surface area contributed by atoms with Crippen LogP contribution < -0.4 is 9.64 Å². The van der Waals surface area contributed by atoms with Gasteiger partial charge in [0.1, 0.15) is 23.8 Å². The SMILES string of the molecule is O=C1c2cc(COc3ccccn3)nn2CCN1c1ccc(F)cc1. The molecule has 3 heterocycles. The summed E-state index contributed by atoms with van der Waals surface area (Å²) in [4.78, 5) is 18.4. The van der Waals surface area contributed by atoms with Crippen molar-refractivity contribution in [2.45, 2.75) is 13.2 Å². The van der Waals surface area contributed by atoms with Gasteiger partial charge >= 0.3 is 0 Å². The van der Waals surface area contributed by atoms with Gasteiger partial charge in [-0.15, -0.1) is 0 Å². The van der Waals surface area contributed by atoms with Crippen LogP contribution in [-0.2, 0) is 13.2 Å². The van der Waals surface area contributed by atoms with E-state index in [2.05, 4.69) is 10.1 Å². The fraction of sp³-hybridized carbons (Fsp3) is 0.167. The summed E-state index contributed by atoms with van der Waals surface area (Å²) < 4.78 is 20.3. The number of ether oxygens (including phenoxy) is 1. The van der Waals surface area contributed by atoms with E-state index < -0.39 is 0 Å². The monoisotopic (exact) mass is 338 g/mol. The molecule has 0 fully saturated rings. The van der Waals surface area contributed by atoms with Gasteiger partial charge in [-0.1, -0.05) is 6.07 Å². The molecule has 1 aliphatic rings. The first kappa shape index (κ1) is 15.3. The lowest BCUT2D eigenvalue weighted by atomic mass is 10.2. The summed E-state index contributed by atoms with van der Waals surface area (Å²) in [6.45, 7) is 1.29. The molecule has 0 saturated carbocycles. The standard InChI is InChI=1S/C18H15FN4O2/c19-13-4-6-15(7-5-13)22-9-10-23-16(18(22)24)11-14(21-23)12-25-17-3-1-2-8-20-17/h1-8,11H,9-10,12H2. The molecule has 2 aromatic heterocycles. The van der Waals surface area contributed by atoms with Crippen molar-refractivity contribution in [1.82, 2.24) is 14.8 Å². The van der Waals surface area contributed by atoms with E-state index in [4.69, 9.17) is 4.74 Å². The Labute approximate surface area is 143 Å². The molecular formula is C18H15FN4O2. The van der Waals surface area contributed by atoms with Gasteiger partial charge < -0.3 is 9.64 Å². The number of hydrogen-bond donors (Lipinski definition) is 0. The zero-order valence-electron chi connectivity index (χ0n) is 13.3. The Morgan fingerprint density at radius 1 is 1.12 bits per heavy atom. The lowest BCUT2D eigenvalue weighted by molar-refractivity contribution is 0.0962. The van der Waals surface area contributed by atoms with Crippen molar-refractivity contribution in [2.24, 2.45) is 0 Å². The first-order valence-corrected chi connectivity index (χ1v) is 7.89. The quantitative estimate of drug-likeness (QED) is 0.734. The summed E-state index contributed by atoms with van der Waals surface area (Å²) >= 11 is 0. The highest BCUT2D eigenvalue weighted by molar-refractivity contribution is 6.05. The maximum Gasteiger partial charge on any atom is 0.276 e. The van der Waals surface area contributed by atoms with Crippen molar-refractivity contribution in [3.05, 3.63) is 71.9 Å². The molecule has 6 nitrogen and oxygen atoms in total. The first-order chi connectivity index (χ1) is 12.2. The third-order valence-electron chi connectivity index (χ3n) is 3.97. The molecule has 0 spiro atoms. The summed E-state index contributed by atoms with van der Waals surface area (Å²) in [6, 6.07) is 13.0. The van der Waals surface area contributed by atoms with Crippen LogP contribution in [0, 0.1) is 5.82 Å². The number of fused-ring (bicyclic) bond motifs is 1. The molecule has 25 heavy (non-hydrogen) atoms. The number of anilines is 1. The Hall–Kier alpha value is -3.22. The summed E-state index contributed by atoms with van der Waals surface area (Å²) in [5.74, 6) is 0.0226. The van der Waals surface area contributed by atoms with E-state index >= 15 is 0 Å². The molecule has 0 saturated heterocycles. The number of rotatable bonds is 4. The van der Waals surface area contributed by atoms with E-state index in [0.29, 0.717) is 36.0 Å². The topological polar surface area (TPSA) is 60.2 Å². The number of aromatic nitrogens is 3. The van der Waals surface area contributed by atoms with Gasteiger partial charge in [-0.05, 0) is 36.4 Å². The van der Waals surface area contributed by atoms with Gasteiger partial charge in [0.25, 0.3) is 5.91 Å². The van der Waals surface area contributed by atoms with Crippen molar-refractivity contribution in [3.63, 3.8) is 0 Å². The van der Waals surface area contributed by atoms with Gasteiger partial charge in [-0.3, -0.25) is 9.48 Å². The van der Waals surface area contributed by atoms with Gasteiger partial charge in [0.2, 0.25) is 5.88 Å². The predicted molar refractivity (Wildman–Crippen MR) is 88.9 cm³/mol. The molecule has 3 aromatic rings. The van der Waals surface area contributed by atoms with Gasteiger partial charge in [0.15, 0.2) is 0 Å². The Bertz CT molecular complexity index is 893. The number of halogens is 1. The van der Waals surface area contributed by atoms with Crippen LogP contribution in [0.4, 0.5) is 10.1 Å². The summed E-state index contributed by atoms with van der Waals surface area (Å²) in [7, 11) is 0. The number of amides is 1. The van der Waals surface area contributed by atoms with Crippen molar-refractivity contribution in [2.75, 3.05) is 11.4 Å². The lowest BCUT2D eigenvalue weighted by Crippen LogP contribution is -2.40. The number of pyridine rings is 1. The summed E-state index contributed by atoms with van der Waals surface area (Å²) in [6.07, 6.45) is 1.65. The van der Waals surface area contributed by atoms with Crippen LogP contribution in [0.2, 0.25) is 0 Å². The molecule has 0 atom stereocenters. The fourth-order valence-electron chi connectivity index (χ4n) is 2.77. The molecule has 0 radical (unpaired) electrons. The molecule has 126 valence electrons. The third-order valence-corrected chi connectivity index (χ3v) is 3.97. The summed E-state index contributed by atoms with van der Waals surface area (Å²) in [5, 5.41) is 4.41. The van der Waals surface area contributed by atoms with E-state index in [9.17, 15) is 9.18 Å².